The van der Waals surface area contributed by atoms with Crippen LogP contribution in [0.4, 0.5) is 5.69 Å². The lowest BCUT2D eigenvalue weighted by Gasteiger charge is -2.29. The molecule has 25 heavy (non-hydrogen) atoms. The number of benzene rings is 2. The van der Waals surface area contributed by atoms with Crippen LogP contribution in [0.25, 0.3) is 0 Å². The van der Waals surface area contributed by atoms with Crippen molar-refractivity contribution in [2.75, 3.05) is 19.6 Å². The molecule has 3 aliphatic rings. The standard InChI is InChI=1S/C21H21N3O/c25-21-17-6-3-7-18-20(17)16(8-10-22-21)19(23-18)13-24-11-9-14-4-1-2-5-15(14)12-24/h1-7,16H,8-13H2,(H,22,25). The van der Waals surface area contributed by atoms with Gasteiger partial charge in [-0.05, 0) is 41.7 Å². The average Bonchev–Trinajstić information content (AvgIpc) is 2.88. The number of nitrogens with one attached hydrogen (secondary N) is 1. The Hall–Kier alpha value is -2.46. The van der Waals surface area contributed by atoms with Crippen molar-refractivity contribution in [3.63, 3.8) is 0 Å². The van der Waals surface area contributed by atoms with E-state index in [9.17, 15) is 4.79 Å². The van der Waals surface area contributed by atoms with Crippen molar-refractivity contribution in [2.45, 2.75) is 25.3 Å². The second-order valence-electron chi connectivity index (χ2n) is 7.17. The molecule has 3 aliphatic heterocycles. The smallest absolute Gasteiger partial charge is 0.251 e. The first-order chi connectivity index (χ1) is 12.3. The molecule has 0 aromatic heterocycles. The Morgan fingerprint density at radius 1 is 1.12 bits per heavy atom. The molecule has 0 saturated heterocycles. The van der Waals surface area contributed by atoms with Gasteiger partial charge in [0.05, 0.1) is 5.69 Å². The van der Waals surface area contributed by atoms with E-state index < -0.39 is 0 Å². The zero-order chi connectivity index (χ0) is 16.8. The summed E-state index contributed by atoms with van der Waals surface area (Å²) in [4.78, 5) is 19.7. The Morgan fingerprint density at radius 3 is 2.92 bits per heavy atom. The van der Waals surface area contributed by atoms with Gasteiger partial charge in [-0.1, -0.05) is 30.3 Å². The molecular weight excluding hydrogens is 310 g/mol. The monoisotopic (exact) mass is 331 g/mol. The zero-order valence-electron chi connectivity index (χ0n) is 14.2. The summed E-state index contributed by atoms with van der Waals surface area (Å²) in [7, 11) is 0. The van der Waals surface area contributed by atoms with Gasteiger partial charge in [0.1, 0.15) is 0 Å². The molecule has 4 nitrogen and oxygen atoms in total. The van der Waals surface area contributed by atoms with E-state index in [1.54, 1.807) is 0 Å². The zero-order valence-corrected chi connectivity index (χ0v) is 14.2. The number of amides is 1. The van der Waals surface area contributed by atoms with E-state index in [2.05, 4.69) is 34.5 Å². The normalized spacial score (nSPS) is 21.8. The molecular formula is C21H21N3O. The van der Waals surface area contributed by atoms with Crippen molar-refractivity contribution in [3.05, 3.63) is 64.7 Å². The third-order valence-corrected chi connectivity index (χ3v) is 5.66. The van der Waals surface area contributed by atoms with Crippen molar-refractivity contribution in [3.8, 4) is 0 Å². The van der Waals surface area contributed by atoms with Crippen LogP contribution in [-0.4, -0.2) is 36.2 Å². The van der Waals surface area contributed by atoms with Crippen LogP contribution in [0.15, 0.2) is 47.5 Å². The van der Waals surface area contributed by atoms with Crippen molar-refractivity contribution in [2.24, 2.45) is 4.99 Å². The van der Waals surface area contributed by atoms with Gasteiger partial charge >= 0.3 is 0 Å². The molecule has 2 aromatic rings. The van der Waals surface area contributed by atoms with Gasteiger partial charge in [0.2, 0.25) is 0 Å². The number of rotatable bonds is 2. The van der Waals surface area contributed by atoms with E-state index in [1.165, 1.54) is 16.8 Å². The number of carbonyl (C=O) groups excluding carboxylic acids is 1. The van der Waals surface area contributed by atoms with Crippen LogP contribution in [0.5, 0.6) is 0 Å². The number of aliphatic imine (C=N–C) groups is 1. The molecule has 0 radical (unpaired) electrons. The molecule has 1 N–H and O–H groups in total. The molecule has 126 valence electrons. The minimum absolute atomic E-state index is 0.0442. The lowest BCUT2D eigenvalue weighted by atomic mass is 9.89. The summed E-state index contributed by atoms with van der Waals surface area (Å²) in [6, 6.07) is 14.7. The average molecular weight is 331 g/mol. The Bertz CT molecular complexity index is 886. The quantitative estimate of drug-likeness (QED) is 0.919. The van der Waals surface area contributed by atoms with Crippen molar-refractivity contribution < 1.29 is 4.79 Å². The molecule has 1 amide bonds. The maximum absolute atomic E-state index is 12.3. The van der Waals surface area contributed by atoms with E-state index in [4.69, 9.17) is 4.99 Å². The number of carbonyl (C=O) groups is 1. The van der Waals surface area contributed by atoms with Crippen LogP contribution >= 0.6 is 0 Å². The number of nitrogens with zero attached hydrogens (tertiary/aromatic N) is 2. The van der Waals surface area contributed by atoms with Gasteiger partial charge in [0.15, 0.2) is 0 Å². The lowest BCUT2D eigenvalue weighted by Crippen LogP contribution is -2.36. The van der Waals surface area contributed by atoms with E-state index in [0.717, 1.165) is 55.8 Å². The van der Waals surface area contributed by atoms with E-state index >= 15 is 0 Å². The van der Waals surface area contributed by atoms with Gasteiger partial charge in [-0.3, -0.25) is 14.7 Å². The largest absolute Gasteiger partial charge is 0.352 e. The molecule has 5 rings (SSSR count). The van der Waals surface area contributed by atoms with Gasteiger partial charge < -0.3 is 5.32 Å². The molecule has 1 unspecified atom stereocenters. The molecule has 0 fully saturated rings. The number of fused-ring (bicyclic) bond motifs is 1. The maximum atomic E-state index is 12.3. The first kappa shape index (κ1) is 14.8. The fraction of sp³-hybridized carbons (Fsp3) is 0.333. The second-order valence-corrected chi connectivity index (χ2v) is 7.17. The van der Waals surface area contributed by atoms with Crippen LogP contribution in [-0.2, 0) is 13.0 Å². The second kappa shape index (κ2) is 5.81. The molecule has 2 aromatic carbocycles. The van der Waals surface area contributed by atoms with Gasteiger partial charge in [0.25, 0.3) is 5.91 Å². The summed E-state index contributed by atoms with van der Waals surface area (Å²) in [6.45, 7) is 3.67. The summed E-state index contributed by atoms with van der Waals surface area (Å²) in [6.07, 6.45) is 2.05. The third-order valence-electron chi connectivity index (χ3n) is 5.66. The highest BCUT2D eigenvalue weighted by Crippen LogP contribution is 2.41. The van der Waals surface area contributed by atoms with E-state index in [1.807, 2.05) is 18.2 Å². The van der Waals surface area contributed by atoms with Crippen LogP contribution in [0, 0.1) is 0 Å². The fourth-order valence-corrected chi connectivity index (χ4v) is 4.41. The van der Waals surface area contributed by atoms with Gasteiger partial charge in [-0.25, -0.2) is 0 Å². The van der Waals surface area contributed by atoms with Crippen LogP contribution in [0.3, 0.4) is 0 Å². The molecule has 0 bridgehead atoms. The van der Waals surface area contributed by atoms with Gasteiger partial charge in [0, 0.05) is 43.4 Å². The number of hydrogen-bond donors (Lipinski definition) is 1. The Labute approximate surface area is 147 Å². The molecule has 0 spiro atoms. The van der Waals surface area contributed by atoms with Gasteiger partial charge in [-0.2, -0.15) is 0 Å². The Balaban J connectivity index is 1.42. The molecule has 0 saturated carbocycles. The first-order valence-corrected chi connectivity index (χ1v) is 9.07. The predicted octanol–water partition coefficient (Wildman–Crippen LogP) is 3.05. The highest BCUT2D eigenvalue weighted by molar-refractivity contribution is 6.06. The summed E-state index contributed by atoms with van der Waals surface area (Å²) in [5, 5.41) is 3.02. The summed E-state index contributed by atoms with van der Waals surface area (Å²) in [5.41, 5.74) is 7.07. The van der Waals surface area contributed by atoms with Crippen molar-refractivity contribution in [1.29, 1.82) is 0 Å². The summed E-state index contributed by atoms with van der Waals surface area (Å²) in [5.74, 6) is 0.324. The summed E-state index contributed by atoms with van der Waals surface area (Å²) >= 11 is 0. The Kier molecular flexibility index (Phi) is 3.45. The SMILES string of the molecule is O=C1NCCC2C(CN3CCc4ccccc4C3)=Nc3cccc1c32. The van der Waals surface area contributed by atoms with Crippen LogP contribution in [0.1, 0.15) is 39.4 Å². The van der Waals surface area contributed by atoms with E-state index in [0.29, 0.717) is 0 Å². The molecule has 3 heterocycles. The lowest BCUT2D eigenvalue weighted by molar-refractivity contribution is 0.0956. The molecule has 1 atom stereocenters. The minimum atomic E-state index is 0.0442. The predicted molar refractivity (Wildman–Crippen MR) is 98.7 cm³/mol. The topological polar surface area (TPSA) is 44.7 Å². The van der Waals surface area contributed by atoms with E-state index in [-0.39, 0.29) is 11.8 Å². The van der Waals surface area contributed by atoms with Crippen molar-refractivity contribution >= 4 is 17.3 Å². The van der Waals surface area contributed by atoms with Crippen LogP contribution in [0.2, 0.25) is 0 Å². The number of hydrogen-bond acceptors (Lipinski definition) is 3. The maximum Gasteiger partial charge on any atom is 0.251 e. The minimum Gasteiger partial charge on any atom is -0.352 e. The van der Waals surface area contributed by atoms with Gasteiger partial charge in [-0.15, -0.1) is 0 Å². The third kappa shape index (κ3) is 2.48. The highest BCUT2D eigenvalue weighted by atomic mass is 16.1. The summed E-state index contributed by atoms with van der Waals surface area (Å²) < 4.78 is 0. The highest BCUT2D eigenvalue weighted by Gasteiger charge is 2.34. The fourth-order valence-electron chi connectivity index (χ4n) is 4.41. The first-order valence-electron chi connectivity index (χ1n) is 9.07. The van der Waals surface area contributed by atoms with Crippen LogP contribution < -0.4 is 5.32 Å². The molecule has 0 aliphatic carbocycles. The Morgan fingerprint density at radius 2 is 2.00 bits per heavy atom. The van der Waals surface area contributed by atoms with Crippen molar-refractivity contribution in [1.82, 2.24) is 10.2 Å². The molecule has 4 heteroatoms.